The number of fused-ring (bicyclic) bond motifs is 1. The van der Waals surface area contributed by atoms with Crippen LogP contribution in [0.1, 0.15) is 56.4 Å². The third kappa shape index (κ3) is 9.02. The summed E-state index contributed by atoms with van der Waals surface area (Å²) < 4.78 is 24.2. The number of rotatable bonds is 17. The van der Waals surface area contributed by atoms with E-state index in [0.717, 1.165) is 50.2 Å². The molecule has 232 valence electrons. The molecule has 3 N–H and O–H groups in total. The van der Waals surface area contributed by atoms with Crippen molar-refractivity contribution in [3.63, 3.8) is 0 Å². The number of halogens is 2. The van der Waals surface area contributed by atoms with Crippen molar-refractivity contribution in [1.29, 1.82) is 0 Å². The van der Waals surface area contributed by atoms with Gasteiger partial charge in [-0.15, -0.1) is 0 Å². The SMILES string of the molecule is COc1cccc(Cl)c1C(C)(C)C(=O)NC(CCN(CCCCc1ccc2c(n1)NCCC2)CC(CF)OC)C(=O)O. The van der Waals surface area contributed by atoms with Crippen molar-refractivity contribution in [2.75, 3.05) is 52.4 Å². The number of pyridine rings is 1. The summed E-state index contributed by atoms with van der Waals surface area (Å²) in [6, 6.07) is 8.16. The maximum absolute atomic E-state index is 13.5. The van der Waals surface area contributed by atoms with Gasteiger partial charge in [-0.25, -0.2) is 14.2 Å². The molecule has 1 aromatic heterocycles. The molecule has 42 heavy (non-hydrogen) atoms. The Morgan fingerprint density at radius 2 is 2.00 bits per heavy atom. The van der Waals surface area contributed by atoms with Crippen LogP contribution in [0.5, 0.6) is 5.75 Å². The number of carbonyl (C=O) groups excluding carboxylic acids is 1. The first-order valence-electron chi connectivity index (χ1n) is 14.5. The van der Waals surface area contributed by atoms with Gasteiger partial charge in [-0.3, -0.25) is 4.79 Å². The van der Waals surface area contributed by atoms with Gasteiger partial charge in [-0.2, -0.15) is 0 Å². The Kier molecular flexibility index (Phi) is 12.8. The van der Waals surface area contributed by atoms with Gasteiger partial charge in [0.25, 0.3) is 0 Å². The standard InChI is InChI=1S/C31H44ClFN4O5/c1-31(2,27-24(32)11-7-12-26(27)42-4)30(40)36-25(29(38)39)15-18-37(20-23(19-33)41-3)17-6-5-10-22-14-13-21-9-8-16-34-28(21)35-22/h7,11-14,23,25H,5-6,8-10,15-20H2,1-4H3,(H,34,35)(H,36,40)(H,38,39). The molecule has 0 saturated carbocycles. The van der Waals surface area contributed by atoms with Crippen LogP contribution in [0.4, 0.5) is 10.2 Å². The average molecular weight is 607 g/mol. The highest BCUT2D eigenvalue weighted by molar-refractivity contribution is 6.32. The zero-order chi connectivity index (χ0) is 30.7. The fraction of sp³-hybridized carbons (Fsp3) is 0.581. The summed E-state index contributed by atoms with van der Waals surface area (Å²) in [5, 5.41) is 16.3. The van der Waals surface area contributed by atoms with Crippen LogP contribution in [-0.4, -0.2) is 86.1 Å². The predicted molar refractivity (Wildman–Crippen MR) is 162 cm³/mol. The second kappa shape index (κ2) is 16.0. The van der Waals surface area contributed by atoms with Gasteiger partial charge in [-0.05, 0) is 82.7 Å². The van der Waals surface area contributed by atoms with E-state index in [0.29, 0.717) is 36.0 Å². The minimum absolute atomic E-state index is 0.136. The maximum Gasteiger partial charge on any atom is 0.326 e. The monoisotopic (exact) mass is 606 g/mol. The Balaban J connectivity index is 1.61. The number of methoxy groups -OCH3 is 2. The molecular weight excluding hydrogens is 563 g/mol. The van der Waals surface area contributed by atoms with Crippen LogP contribution < -0.4 is 15.4 Å². The van der Waals surface area contributed by atoms with E-state index < -0.39 is 36.1 Å². The number of nitrogens with zero attached hydrogens (tertiary/aromatic N) is 2. The molecule has 11 heteroatoms. The number of alkyl halides is 1. The topological polar surface area (TPSA) is 113 Å². The lowest BCUT2D eigenvalue weighted by Gasteiger charge is -2.30. The molecule has 1 amide bonds. The van der Waals surface area contributed by atoms with Crippen molar-refractivity contribution in [3.05, 3.63) is 52.2 Å². The fourth-order valence-corrected chi connectivity index (χ4v) is 5.62. The van der Waals surface area contributed by atoms with E-state index in [9.17, 15) is 19.1 Å². The second-order valence-corrected chi connectivity index (χ2v) is 11.6. The molecule has 0 fully saturated rings. The molecule has 1 aliphatic rings. The molecular formula is C31H44ClFN4O5. The number of hydrogen-bond acceptors (Lipinski definition) is 7. The van der Waals surface area contributed by atoms with Crippen LogP contribution in [0.3, 0.4) is 0 Å². The molecule has 2 unspecified atom stereocenters. The number of carboxylic acid groups (broad SMARTS) is 1. The third-order valence-electron chi connectivity index (χ3n) is 7.80. The number of amides is 1. The molecule has 1 aromatic carbocycles. The third-order valence-corrected chi connectivity index (χ3v) is 8.12. The first kappa shape index (κ1) is 33.6. The lowest BCUT2D eigenvalue weighted by atomic mass is 9.82. The van der Waals surface area contributed by atoms with Crippen LogP contribution in [-0.2, 0) is 32.6 Å². The highest BCUT2D eigenvalue weighted by Crippen LogP contribution is 2.37. The lowest BCUT2D eigenvalue weighted by molar-refractivity contribution is -0.143. The largest absolute Gasteiger partial charge is 0.496 e. The molecule has 0 aliphatic carbocycles. The number of aryl methyl sites for hydroxylation is 2. The minimum atomic E-state index is -1.16. The molecule has 0 saturated heterocycles. The second-order valence-electron chi connectivity index (χ2n) is 11.2. The zero-order valence-electron chi connectivity index (χ0n) is 25.1. The number of nitrogens with one attached hydrogen (secondary N) is 2. The van der Waals surface area contributed by atoms with Gasteiger partial charge < -0.3 is 30.1 Å². The van der Waals surface area contributed by atoms with Gasteiger partial charge in [-0.1, -0.05) is 23.7 Å². The molecule has 2 heterocycles. The summed E-state index contributed by atoms with van der Waals surface area (Å²) in [7, 11) is 2.95. The molecule has 0 bridgehead atoms. The van der Waals surface area contributed by atoms with Crippen molar-refractivity contribution in [3.8, 4) is 5.75 Å². The van der Waals surface area contributed by atoms with E-state index in [1.807, 2.05) is 4.90 Å². The van der Waals surface area contributed by atoms with Crippen LogP contribution in [0.15, 0.2) is 30.3 Å². The van der Waals surface area contributed by atoms with Gasteiger partial charge >= 0.3 is 5.97 Å². The highest BCUT2D eigenvalue weighted by Gasteiger charge is 2.37. The van der Waals surface area contributed by atoms with Gasteiger partial charge in [0.05, 0.1) is 18.6 Å². The summed E-state index contributed by atoms with van der Waals surface area (Å²) in [6.45, 7) is 4.93. The smallest absolute Gasteiger partial charge is 0.326 e. The van der Waals surface area contributed by atoms with Crippen LogP contribution in [0.2, 0.25) is 5.02 Å². The van der Waals surface area contributed by atoms with E-state index in [2.05, 4.69) is 22.8 Å². The number of carboxylic acids is 1. The molecule has 9 nitrogen and oxygen atoms in total. The summed E-state index contributed by atoms with van der Waals surface area (Å²) in [6.07, 6.45) is 4.18. The van der Waals surface area contributed by atoms with Crippen molar-refractivity contribution < 1.29 is 28.6 Å². The van der Waals surface area contributed by atoms with E-state index in [1.165, 1.54) is 19.8 Å². The first-order valence-corrected chi connectivity index (χ1v) is 14.9. The highest BCUT2D eigenvalue weighted by atomic mass is 35.5. The Bertz CT molecular complexity index is 1190. The Morgan fingerprint density at radius 1 is 1.21 bits per heavy atom. The van der Waals surface area contributed by atoms with Crippen LogP contribution in [0.25, 0.3) is 0 Å². The van der Waals surface area contributed by atoms with Gasteiger partial charge in [0, 0.05) is 43.0 Å². The number of aliphatic carboxylic acids is 1. The number of benzene rings is 1. The summed E-state index contributed by atoms with van der Waals surface area (Å²) in [5.41, 5.74) is 1.60. The van der Waals surface area contributed by atoms with E-state index in [1.54, 1.807) is 32.0 Å². The average Bonchev–Trinajstić information content (AvgIpc) is 2.98. The van der Waals surface area contributed by atoms with Gasteiger partial charge in [0.1, 0.15) is 24.3 Å². The van der Waals surface area contributed by atoms with Crippen LogP contribution in [0, 0.1) is 0 Å². The number of unbranched alkanes of at least 4 members (excludes halogenated alkanes) is 1. The van der Waals surface area contributed by atoms with Gasteiger partial charge in [0.2, 0.25) is 5.91 Å². The number of aromatic nitrogens is 1. The normalized spacial score (nSPS) is 14.5. The Labute approximate surface area is 253 Å². The fourth-order valence-electron chi connectivity index (χ4n) is 5.22. The number of hydrogen-bond donors (Lipinski definition) is 3. The van der Waals surface area contributed by atoms with Crippen molar-refractivity contribution >= 4 is 29.3 Å². The number of ether oxygens (including phenoxy) is 2. The maximum atomic E-state index is 13.5. The van der Waals surface area contributed by atoms with Gasteiger partial charge in [0.15, 0.2) is 0 Å². The number of anilines is 1. The van der Waals surface area contributed by atoms with E-state index >= 15 is 0 Å². The number of carbonyl (C=O) groups is 2. The van der Waals surface area contributed by atoms with E-state index in [-0.39, 0.29) is 6.42 Å². The minimum Gasteiger partial charge on any atom is -0.496 e. The predicted octanol–water partition coefficient (Wildman–Crippen LogP) is 4.65. The zero-order valence-corrected chi connectivity index (χ0v) is 25.8. The molecule has 0 spiro atoms. The van der Waals surface area contributed by atoms with Crippen molar-refractivity contribution in [1.82, 2.24) is 15.2 Å². The molecule has 2 atom stereocenters. The van der Waals surface area contributed by atoms with Crippen molar-refractivity contribution in [2.24, 2.45) is 0 Å². The quantitative estimate of drug-likeness (QED) is 0.223. The molecule has 3 rings (SSSR count). The summed E-state index contributed by atoms with van der Waals surface area (Å²) in [5.74, 6) is -0.215. The molecule has 0 radical (unpaired) electrons. The Morgan fingerprint density at radius 3 is 2.69 bits per heavy atom. The Hall–Kier alpha value is -2.95. The summed E-state index contributed by atoms with van der Waals surface area (Å²) in [4.78, 5) is 32.3. The van der Waals surface area contributed by atoms with E-state index in [4.69, 9.17) is 26.1 Å². The van der Waals surface area contributed by atoms with Crippen LogP contribution >= 0.6 is 11.6 Å². The summed E-state index contributed by atoms with van der Waals surface area (Å²) >= 11 is 6.41. The molecule has 2 aromatic rings. The lowest BCUT2D eigenvalue weighted by Crippen LogP contribution is -2.50. The van der Waals surface area contributed by atoms with Crippen molar-refractivity contribution in [2.45, 2.75) is 69.9 Å². The first-order chi connectivity index (χ1) is 20.1. The molecule has 1 aliphatic heterocycles.